The minimum atomic E-state index is -5.08. The van der Waals surface area contributed by atoms with Crippen molar-refractivity contribution in [3.8, 4) is 6.07 Å². The van der Waals surface area contributed by atoms with Gasteiger partial charge in [-0.2, -0.15) is 31.6 Å². The van der Waals surface area contributed by atoms with Gasteiger partial charge in [0.15, 0.2) is 0 Å². The van der Waals surface area contributed by atoms with Gasteiger partial charge >= 0.3 is 18.3 Å². The molecule has 1 aromatic rings. The fraction of sp³-hybridized carbons (Fsp3) is 0.467. The predicted octanol–water partition coefficient (Wildman–Crippen LogP) is 3.14. The molecule has 144 valence electrons. The quantitative estimate of drug-likeness (QED) is 0.728. The number of aliphatic carboxylic acids is 1. The van der Waals surface area contributed by atoms with E-state index in [1.54, 1.807) is 12.1 Å². The molecule has 2 rings (SSSR count). The van der Waals surface area contributed by atoms with E-state index in [1.165, 1.54) is 6.07 Å². The smallest absolute Gasteiger partial charge is 0.475 e. The van der Waals surface area contributed by atoms with Gasteiger partial charge in [0.05, 0.1) is 17.2 Å². The van der Waals surface area contributed by atoms with Crippen molar-refractivity contribution >= 4 is 11.7 Å². The van der Waals surface area contributed by atoms with Crippen LogP contribution in [0.3, 0.4) is 0 Å². The summed E-state index contributed by atoms with van der Waals surface area (Å²) in [4.78, 5) is 10.8. The average molecular weight is 383 g/mol. The van der Waals surface area contributed by atoms with Gasteiger partial charge in [-0.3, -0.25) is 0 Å². The fourth-order valence-corrected chi connectivity index (χ4v) is 2.22. The predicted molar refractivity (Wildman–Crippen MR) is 79.3 cm³/mol. The third-order valence-electron chi connectivity index (χ3n) is 3.58. The van der Waals surface area contributed by atoms with E-state index in [0.29, 0.717) is 18.8 Å². The molecule has 1 aliphatic rings. The van der Waals surface area contributed by atoms with Crippen LogP contribution < -0.4 is 10.6 Å². The molecule has 1 fully saturated rings. The van der Waals surface area contributed by atoms with Crippen LogP contribution in [0.2, 0.25) is 0 Å². The van der Waals surface area contributed by atoms with Crippen molar-refractivity contribution in [3.63, 3.8) is 0 Å². The van der Waals surface area contributed by atoms with Crippen LogP contribution in [0, 0.1) is 11.3 Å². The Labute approximate surface area is 144 Å². The first-order valence-electron chi connectivity index (χ1n) is 7.28. The summed E-state index contributed by atoms with van der Waals surface area (Å²) in [6.07, 6.45) is -8.06. The molecule has 0 unspecified atom stereocenters. The second-order valence-electron chi connectivity index (χ2n) is 5.47. The molecule has 1 aromatic carbocycles. The maximum atomic E-state index is 12.9. The second kappa shape index (κ2) is 8.27. The highest BCUT2D eigenvalue weighted by Crippen LogP contribution is 2.34. The Bertz CT molecular complexity index is 673. The molecule has 26 heavy (non-hydrogen) atoms. The van der Waals surface area contributed by atoms with Crippen molar-refractivity contribution in [1.82, 2.24) is 0 Å². The summed E-state index contributed by atoms with van der Waals surface area (Å²) in [7, 11) is 0. The second-order valence-corrected chi connectivity index (χ2v) is 5.47. The SMILES string of the molecule is N#Cc1ccc(N2CCC(N)CC2)cc1C(F)(F)F.O=C(O)C(F)(F)F. The largest absolute Gasteiger partial charge is 0.490 e. The summed E-state index contributed by atoms with van der Waals surface area (Å²) in [6, 6.07) is 5.54. The molecule has 0 aliphatic carbocycles. The normalized spacial score (nSPS) is 15.7. The number of piperidine rings is 1. The molecule has 0 aromatic heterocycles. The molecule has 0 bridgehead atoms. The van der Waals surface area contributed by atoms with Gasteiger partial charge in [-0.25, -0.2) is 4.79 Å². The zero-order valence-corrected chi connectivity index (χ0v) is 13.2. The highest BCUT2D eigenvalue weighted by molar-refractivity contribution is 5.73. The molecular formula is C15H15F6N3O2. The van der Waals surface area contributed by atoms with Gasteiger partial charge < -0.3 is 15.7 Å². The molecular weight excluding hydrogens is 368 g/mol. The first-order chi connectivity index (χ1) is 11.9. The number of alkyl halides is 6. The highest BCUT2D eigenvalue weighted by Gasteiger charge is 2.38. The van der Waals surface area contributed by atoms with Crippen molar-refractivity contribution in [3.05, 3.63) is 29.3 Å². The first-order valence-corrected chi connectivity index (χ1v) is 7.28. The summed E-state index contributed by atoms with van der Waals surface area (Å²) in [5.41, 5.74) is 5.05. The molecule has 3 N–H and O–H groups in total. The molecule has 5 nitrogen and oxygen atoms in total. The third kappa shape index (κ3) is 6.11. The summed E-state index contributed by atoms with van der Waals surface area (Å²) >= 11 is 0. The van der Waals surface area contributed by atoms with Crippen LogP contribution in [0.5, 0.6) is 0 Å². The summed E-state index contributed by atoms with van der Waals surface area (Å²) < 4.78 is 70.3. The van der Waals surface area contributed by atoms with Gasteiger partial charge in [0.25, 0.3) is 0 Å². The lowest BCUT2D eigenvalue weighted by molar-refractivity contribution is -0.192. The average Bonchev–Trinajstić information content (AvgIpc) is 2.54. The first kappa shape index (κ1) is 21.6. The molecule has 1 heterocycles. The minimum Gasteiger partial charge on any atom is -0.475 e. The number of benzene rings is 1. The van der Waals surface area contributed by atoms with Crippen molar-refractivity contribution < 1.29 is 36.2 Å². The lowest BCUT2D eigenvalue weighted by Gasteiger charge is -2.32. The van der Waals surface area contributed by atoms with Crippen LogP contribution in [-0.4, -0.2) is 36.4 Å². The lowest BCUT2D eigenvalue weighted by Crippen LogP contribution is -2.39. The molecule has 0 spiro atoms. The number of hydrogen-bond acceptors (Lipinski definition) is 4. The van der Waals surface area contributed by atoms with E-state index < -0.39 is 23.9 Å². The summed E-state index contributed by atoms with van der Waals surface area (Å²) in [6.45, 7) is 1.29. The van der Waals surface area contributed by atoms with Gasteiger partial charge in [0.1, 0.15) is 0 Å². The fourth-order valence-electron chi connectivity index (χ4n) is 2.22. The number of nitriles is 1. The third-order valence-corrected chi connectivity index (χ3v) is 3.58. The molecule has 0 atom stereocenters. The monoisotopic (exact) mass is 383 g/mol. The van der Waals surface area contributed by atoms with E-state index in [4.69, 9.17) is 20.9 Å². The maximum absolute atomic E-state index is 12.9. The number of carbonyl (C=O) groups is 1. The van der Waals surface area contributed by atoms with E-state index in [0.717, 1.165) is 18.9 Å². The van der Waals surface area contributed by atoms with Crippen LogP contribution in [0.4, 0.5) is 32.0 Å². The van der Waals surface area contributed by atoms with E-state index in [1.807, 2.05) is 4.90 Å². The zero-order valence-electron chi connectivity index (χ0n) is 13.2. The van der Waals surface area contributed by atoms with Gasteiger partial charge in [-0.1, -0.05) is 0 Å². The summed E-state index contributed by atoms with van der Waals surface area (Å²) in [5.74, 6) is -2.76. The van der Waals surface area contributed by atoms with E-state index in [9.17, 15) is 26.3 Å². The number of halogens is 6. The van der Waals surface area contributed by atoms with E-state index in [-0.39, 0.29) is 11.6 Å². The molecule has 0 saturated carbocycles. The van der Waals surface area contributed by atoms with Crippen LogP contribution in [0.15, 0.2) is 18.2 Å². The number of nitrogens with zero attached hydrogens (tertiary/aromatic N) is 2. The van der Waals surface area contributed by atoms with Crippen LogP contribution in [0.25, 0.3) is 0 Å². The topological polar surface area (TPSA) is 90.4 Å². The molecule has 1 aliphatic heterocycles. The Morgan fingerprint density at radius 1 is 1.19 bits per heavy atom. The Morgan fingerprint density at radius 3 is 2.08 bits per heavy atom. The lowest BCUT2D eigenvalue weighted by atomic mass is 10.0. The number of nitrogens with two attached hydrogens (primary N) is 1. The van der Waals surface area contributed by atoms with Gasteiger partial charge in [-0.15, -0.1) is 0 Å². The maximum Gasteiger partial charge on any atom is 0.490 e. The van der Waals surface area contributed by atoms with Gasteiger partial charge in [0.2, 0.25) is 0 Å². The number of carboxylic acids is 1. The van der Waals surface area contributed by atoms with E-state index >= 15 is 0 Å². The molecule has 0 radical (unpaired) electrons. The van der Waals surface area contributed by atoms with Crippen molar-refractivity contribution in [2.24, 2.45) is 5.73 Å². The highest BCUT2D eigenvalue weighted by atomic mass is 19.4. The molecule has 11 heteroatoms. The number of hydrogen-bond donors (Lipinski definition) is 2. The number of rotatable bonds is 1. The van der Waals surface area contributed by atoms with Crippen LogP contribution in [0.1, 0.15) is 24.0 Å². The van der Waals surface area contributed by atoms with Crippen LogP contribution in [-0.2, 0) is 11.0 Å². The van der Waals surface area contributed by atoms with Gasteiger partial charge in [-0.05, 0) is 31.0 Å². The Kier molecular flexibility index (Phi) is 6.86. The van der Waals surface area contributed by atoms with Crippen molar-refractivity contribution in [2.75, 3.05) is 18.0 Å². The molecule has 1 saturated heterocycles. The summed E-state index contributed by atoms with van der Waals surface area (Å²) in [5, 5.41) is 15.9. The van der Waals surface area contributed by atoms with E-state index in [2.05, 4.69) is 0 Å². The standard InChI is InChI=1S/C13H14F3N3.C2HF3O2/c14-13(15,16)12-7-11(2-1-9(12)8-17)19-5-3-10(18)4-6-19;3-2(4,5)1(6)7/h1-2,7,10H,3-6,18H2;(H,6,7). The zero-order chi connectivity index (χ0) is 20.1. The van der Waals surface area contributed by atoms with Crippen LogP contribution >= 0.6 is 0 Å². The number of carboxylic acid groups (broad SMARTS) is 1. The Hall–Kier alpha value is -2.48. The van der Waals surface area contributed by atoms with Crippen molar-refractivity contribution in [1.29, 1.82) is 5.26 Å². The Morgan fingerprint density at radius 2 is 1.69 bits per heavy atom. The Balaban J connectivity index is 0.000000412. The molecule has 0 amide bonds. The minimum absolute atomic E-state index is 0.122. The van der Waals surface area contributed by atoms with Crippen molar-refractivity contribution in [2.45, 2.75) is 31.2 Å². The number of anilines is 1. The van der Waals surface area contributed by atoms with Gasteiger partial charge in [0, 0.05) is 24.8 Å².